The number of nitrogens with zero attached hydrogens (tertiary/aromatic N) is 3. The van der Waals surface area contributed by atoms with E-state index in [0.717, 1.165) is 0 Å². The summed E-state index contributed by atoms with van der Waals surface area (Å²) >= 11 is 0. The number of amides is 1. The number of carbonyl (C=O) groups excluding carboxylic acids is 1. The third kappa shape index (κ3) is 2.82. The second-order valence-corrected chi connectivity index (χ2v) is 3.30. The van der Waals surface area contributed by atoms with E-state index < -0.39 is 5.97 Å². The van der Waals surface area contributed by atoms with Gasteiger partial charge in [-0.05, 0) is 13.8 Å². The van der Waals surface area contributed by atoms with Crippen LogP contribution in [-0.2, 0) is 11.3 Å². The number of aliphatic carboxylic acids is 1. The van der Waals surface area contributed by atoms with Crippen molar-refractivity contribution in [1.29, 1.82) is 0 Å². The number of carboxylic acid groups (broad SMARTS) is 1. The van der Waals surface area contributed by atoms with Crippen LogP contribution in [-0.4, -0.2) is 44.8 Å². The topological polar surface area (TPSA) is 75.4 Å². The Morgan fingerprint density at radius 2 is 2.19 bits per heavy atom. The molecule has 1 N–H and O–H groups in total. The molecule has 6 nitrogen and oxygen atoms in total. The summed E-state index contributed by atoms with van der Waals surface area (Å²) in [5, 5.41) is 12.6. The van der Waals surface area contributed by atoms with Gasteiger partial charge in [0.1, 0.15) is 6.54 Å². The van der Waals surface area contributed by atoms with Crippen molar-refractivity contribution in [1.82, 2.24) is 14.7 Å². The highest BCUT2D eigenvalue weighted by Gasteiger charge is 2.17. The van der Waals surface area contributed by atoms with Crippen molar-refractivity contribution in [2.45, 2.75) is 20.4 Å². The molecule has 0 atom stereocenters. The van der Waals surface area contributed by atoms with Crippen LogP contribution in [0.5, 0.6) is 0 Å². The number of likely N-dealkylation sites (N-methyl/N-ethyl adjacent to an activating group) is 1. The number of aromatic nitrogens is 2. The van der Waals surface area contributed by atoms with E-state index in [1.807, 2.05) is 6.92 Å². The highest BCUT2D eigenvalue weighted by molar-refractivity contribution is 5.95. The molecule has 0 fully saturated rings. The Morgan fingerprint density at radius 1 is 1.50 bits per heavy atom. The van der Waals surface area contributed by atoms with E-state index in [0.29, 0.717) is 18.7 Å². The van der Waals surface area contributed by atoms with Gasteiger partial charge in [-0.1, -0.05) is 0 Å². The fourth-order valence-corrected chi connectivity index (χ4v) is 1.32. The molecule has 0 unspecified atom stereocenters. The third-order valence-corrected chi connectivity index (χ3v) is 2.20. The predicted octanol–water partition coefficient (Wildman–Crippen LogP) is 0.450. The van der Waals surface area contributed by atoms with Gasteiger partial charge in [0.25, 0.3) is 5.91 Å². The average Bonchev–Trinajstić information content (AvgIpc) is 2.73. The van der Waals surface area contributed by atoms with Crippen LogP contribution in [0.4, 0.5) is 0 Å². The van der Waals surface area contributed by atoms with Gasteiger partial charge in [0.15, 0.2) is 0 Å². The summed E-state index contributed by atoms with van der Waals surface area (Å²) in [5.74, 6) is -1.32. The molecule has 0 aliphatic carbocycles. The Hall–Kier alpha value is -1.85. The molecule has 6 heteroatoms. The van der Waals surface area contributed by atoms with Gasteiger partial charge in [-0.15, -0.1) is 0 Å². The third-order valence-electron chi connectivity index (χ3n) is 2.20. The molecule has 0 saturated heterocycles. The van der Waals surface area contributed by atoms with Gasteiger partial charge in [-0.2, -0.15) is 5.10 Å². The summed E-state index contributed by atoms with van der Waals surface area (Å²) in [4.78, 5) is 23.7. The fourth-order valence-electron chi connectivity index (χ4n) is 1.32. The summed E-state index contributed by atoms with van der Waals surface area (Å²) in [6, 6.07) is 0. The molecule has 0 saturated carbocycles. The lowest BCUT2D eigenvalue weighted by Crippen LogP contribution is -2.35. The zero-order valence-electron chi connectivity index (χ0n) is 9.38. The molecule has 0 bridgehead atoms. The molecule has 0 aliphatic heterocycles. The van der Waals surface area contributed by atoms with E-state index in [1.54, 1.807) is 17.8 Å². The van der Waals surface area contributed by atoms with Crippen molar-refractivity contribution in [2.75, 3.05) is 13.1 Å². The maximum absolute atomic E-state index is 11.8. The highest BCUT2D eigenvalue weighted by atomic mass is 16.4. The Balaban J connectivity index is 2.78. The van der Waals surface area contributed by atoms with E-state index >= 15 is 0 Å². The van der Waals surface area contributed by atoms with Gasteiger partial charge in [-0.25, -0.2) is 0 Å². The zero-order chi connectivity index (χ0) is 12.1. The number of carboxylic acids is 1. The van der Waals surface area contributed by atoms with Crippen LogP contribution >= 0.6 is 0 Å². The number of carbonyl (C=O) groups is 2. The monoisotopic (exact) mass is 225 g/mol. The summed E-state index contributed by atoms with van der Waals surface area (Å²) in [7, 11) is 0. The summed E-state index contributed by atoms with van der Waals surface area (Å²) in [6.07, 6.45) is 3.07. The smallest absolute Gasteiger partial charge is 0.323 e. The molecule has 0 aliphatic rings. The first-order valence-corrected chi connectivity index (χ1v) is 5.12. The van der Waals surface area contributed by atoms with Crippen molar-refractivity contribution in [3.05, 3.63) is 18.0 Å². The van der Waals surface area contributed by atoms with E-state index in [9.17, 15) is 9.59 Å². The molecule has 1 aromatic rings. The van der Waals surface area contributed by atoms with E-state index in [-0.39, 0.29) is 12.5 Å². The van der Waals surface area contributed by atoms with Crippen LogP contribution in [0.2, 0.25) is 0 Å². The first-order chi connectivity index (χ1) is 7.58. The lowest BCUT2D eigenvalue weighted by Gasteiger charge is -2.17. The quantitative estimate of drug-likeness (QED) is 0.789. The van der Waals surface area contributed by atoms with Crippen LogP contribution in [0.1, 0.15) is 24.2 Å². The van der Waals surface area contributed by atoms with Gasteiger partial charge in [0, 0.05) is 19.3 Å². The molecular weight excluding hydrogens is 210 g/mol. The second kappa shape index (κ2) is 5.29. The van der Waals surface area contributed by atoms with Crippen LogP contribution < -0.4 is 0 Å². The minimum atomic E-state index is -1.02. The maximum atomic E-state index is 11.8. The highest BCUT2D eigenvalue weighted by Crippen LogP contribution is 2.03. The van der Waals surface area contributed by atoms with E-state index in [2.05, 4.69) is 5.10 Å². The van der Waals surface area contributed by atoms with E-state index in [1.165, 1.54) is 11.1 Å². The molecule has 16 heavy (non-hydrogen) atoms. The van der Waals surface area contributed by atoms with Gasteiger partial charge >= 0.3 is 5.97 Å². The molecule has 1 rings (SSSR count). The van der Waals surface area contributed by atoms with Crippen molar-refractivity contribution < 1.29 is 14.7 Å². The summed E-state index contributed by atoms with van der Waals surface area (Å²) in [6.45, 7) is 4.41. The molecule has 0 aromatic carbocycles. The van der Waals surface area contributed by atoms with Crippen LogP contribution in [0.3, 0.4) is 0 Å². The second-order valence-electron chi connectivity index (χ2n) is 3.30. The zero-order valence-corrected chi connectivity index (χ0v) is 9.38. The number of rotatable bonds is 5. The Bertz CT molecular complexity index is 386. The fraction of sp³-hybridized carbons (Fsp3) is 0.500. The molecule has 1 heterocycles. The van der Waals surface area contributed by atoms with Crippen LogP contribution in [0, 0.1) is 0 Å². The van der Waals surface area contributed by atoms with Crippen molar-refractivity contribution in [2.24, 2.45) is 0 Å². The van der Waals surface area contributed by atoms with Gasteiger partial charge in [0.2, 0.25) is 0 Å². The van der Waals surface area contributed by atoms with Crippen LogP contribution in [0.25, 0.3) is 0 Å². The molecule has 0 spiro atoms. The first kappa shape index (κ1) is 12.2. The number of hydrogen-bond donors (Lipinski definition) is 1. The van der Waals surface area contributed by atoms with Gasteiger partial charge < -0.3 is 10.0 Å². The average molecular weight is 225 g/mol. The SMILES string of the molecule is CCN(CC(=O)O)C(=O)c1cnn(CC)c1. The molecule has 1 amide bonds. The first-order valence-electron chi connectivity index (χ1n) is 5.12. The Morgan fingerprint density at radius 3 is 2.62 bits per heavy atom. The molecule has 1 aromatic heterocycles. The Labute approximate surface area is 93.5 Å². The van der Waals surface area contributed by atoms with Gasteiger partial charge in [0.05, 0.1) is 11.8 Å². The number of aryl methyl sites for hydroxylation is 1. The lowest BCUT2D eigenvalue weighted by molar-refractivity contribution is -0.137. The molecular formula is C10H15N3O3. The number of hydrogen-bond acceptors (Lipinski definition) is 3. The normalized spacial score (nSPS) is 10.1. The molecule has 88 valence electrons. The summed E-state index contributed by atoms with van der Waals surface area (Å²) < 4.78 is 1.63. The van der Waals surface area contributed by atoms with Crippen molar-refractivity contribution in [3.8, 4) is 0 Å². The minimum Gasteiger partial charge on any atom is -0.480 e. The Kier molecular flexibility index (Phi) is 4.04. The molecule has 0 radical (unpaired) electrons. The predicted molar refractivity (Wildman–Crippen MR) is 57.1 cm³/mol. The van der Waals surface area contributed by atoms with Crippen molar-refractivity contribution >= 4 is 11.9 Å². The van der Waals surface area contributed by atoms with Crippen LogP contribution in [0.15, 0.2) is 12.4 Å². The minimum absolute atomic E-state index is 0.285. The summed E-state index contributed by atoms with van der Waals surface area (Å²) in [5.41, 5.74) is 0.421. The lowest BCUT2D eigenvalue weighted by atomic mass is 10.3. The maximum Gasteiger partial charge on any atom is 0.323 e. The van der Waals surface area contributed by atoms with Gasteiger partial charge in [-0.3, -0.25) is 14.3 Å². The standard InChI is InChI=1S/C10H15N3O3/c1-3-12(7-9(14)15)10(16)8-5-11-13(4-2)6-8/h5-6H,3-4,7H2,1-2H3,(H,14,15). The van der Waals surface area contributed by atoms with Crippen molar-refractivity contribution in [3.63, 3.8) is 0 Å². The largest absolute Gasteiger partial charge is 0.480 e. The van der Waals surface area contributed by atoms with E-state index in [4.69, 9.17) is 5.11 Å².